The van der Waals surface area contributed by atoms with Crippen LogP contribution in [0.1, 0.15) is 25.3 Å². The van der Waals surface area contributed by atoms with Gasteiger partial charge in [0.25, 0.3) is 15.8 Å². The number of hydrogen-bond acceptors (Lipinski definition) is 6. The standard InChI is InChI=1S/C27H22F3NO6S/c1-15(2)37-26(34)23(25(33)27(28,29)30)21-14-22(19-9-5-6-10-20(19)24(21)32)31-38(35,36)18-12-11-16-7-3-4-8-17(16)13-18/h3-15,23,31-32H,1-2H3/t23-/m1/s1. The SMILES string of the molecule is CC(C)OC(=O)[C@@H](C(=O)C(F)(F)F)c1cc(NS(=O)(=O)c2ccc3ccccc3c2)c2ccccc2c1O. The Labute approximate surface area is 215 Å². The number of aromatic hydroxyl groups is 1. The Balaban J connectivity index is 1.89. The number of alkyl halides is 3. The number of benzene rings is 4. The number of ketones is 1. The zero-order valence-electron chi connectivity index (χ0n) is 20.1. The van der Waals surface area contributed by atoms with Gasteiger partial charge >= 0.3 is 12.1 Å². The van der Waals surface area contributed by atoms with Crippen LogP contribution in [-0.4, -0.2) is 37.6 Å². The molecule has 0 fully saturated rings. The van der Waals surface area contributed by atoms with Gasteiger partial charge in [-0.25, -0.2) is 8.42 Å². The van der Waals surface area contributed by atoms with E-state index in [-0.39, 0.29) is 21.4 Å². The molecule has 0 heterocycles. The number of phenolic OH excluding ortho intramolecular Hbond substituents is 1. The first-order valence-electron chi connectivity index (χ1n) is 11.4. The zero-order chi connectivity index (χ0) is 27.8. The number of Topliss-reactive ketones (excluding diaryl/α,β-unsaturated/α-hetero) is 1. The largest absolute Gasteiger partial charge is 0.507 e. The van der Waals surface area contributed by atoms with E-state index < -0.39 is 51.3 Å². The van der Waals surface area contributed by atoms with Gasteiger partial charge in [-0.15, -0.1) is 0 Å². The van der Waals surface area contributed by atoms with Crippen LogP contribution >= 0.6 is 0 Å². The third-order valence-corrected chi connectivity index (χ3v) is 7.12. The lowest BCUT2D eigenvalue weighted by molar-refractivity contribution is -0.178. The summed E-state index contributed by atoms with van der Waals surface area (Å²) in [5, 5.41) is 12.4. The number of anilines is 1. The van der Waals surface area contributed by atoms with Gasteiger partial charge in [-0.2, -0.15) is 13.2 Å². The van der Waals surface area contributed by atoms with Crippen LogP contribution in [0.5, 0.6) is 5.75 Å². The zero-order valence-corrected chi connectivity index (χ0v) is 20.9. The number of esters is 1. The van der Waals surface area contributed by atoms with Crippen LogP contribution in [0.4, 0.5) is 18.9 Å². The van der Waals surface area contributed by atoms with Gasteiger partial charge in [-0.3, -0.25) is 14.3 Å². The third kappa shape index (κ3) is 5.28. The molecular formula is C27H22F3NO6S. The lowest BCUT2D eigenvalue weighted by Gasteiger charge is -2.21. The van der Waals surface area contributed by atoms with E-state index in [2.05, 4.69) is 4.72 Å². The second kappa shape index (κ2) is 9.97. The second-order valence-corrected chi connectivity index (χ2v) is 10.5. The van der Waals surface area contributed by atoms with E-state index in [1.807, 2.05) is 0 Å². The van der Waals surface area contributed by atoms with E-state index in [1.165, 1.54) is 50.2 Å². The molecule has 0 bridgehead atoms. The molecule has 0 aliphatic heterocycles. The minimum Gasteiger partial charge on any atom is -0.507 e. The van der Waals surface area contributed by atoms with E-state index in [1.54, 1.807) is 30.3 Å². The number of halogens is 3. The summed E-state index contributed by atoms with van der Waals surface area (Å²) in [6.07, 6.45) is -6.30. The fourth-order valence-corrected chi connectivity index (χ4v) is 5.17. The van der Waals surface area contributed by atoms with Gasteiger partial charge in [0.2, 0.25) is 0 Å². The average Bonchev–Trinajstić information content (AvgIpc) is 2.85. The van der Waals surface area contributed by atoms with Gasteiger partial charge in [0.05, 0.1) is 16.7 Å². The normalized spacial score (nSPS) is 13.0. The molecule has 0 amide bonds. The molecule has 2 N–H and O–H groups in total. The van der Waals surface area contributed by atoms with Crippen molar-refractivity contribution in [1.29, 1.82) is 0 Å². The molecule has 198 valence electrons. The van der Waals surface area contributed by atoms with Crippen molar-refractivity contribution in [1.82, 2.24) is 0 Å². The van der Waals surface area contributed by atoms with Gasteiger partial charge in [-0.05, 0) is 42.8 Å². The molecule has 7 nitrogen and oxygen atoms in total. The highest BCUT2D eigenvalue weighted by Gasteiger charge is 2.49. The number of ether oxygens (including phenoxy) is 1. The maximum Gasteiger partial charge on any atom is 0.451 e. The summed E-state index contributed by atoms with van der Waals surface area (Å²) >= 11 is 0. The topological polar surface area (TPSA) is 110 Å². The van der Waals surface area contributed by atoms with E-state index >= 15 is 0 Å². The molecule has 0 saturated carbocycles. The Morgan fingerprint density at radius 3 is 2.13 bits per heavy atom. The minimum atomic E-state index is -5.44. The average molecular weight is 546 g/mol. The van der Waals surface area contributed by atoms with Crippen LogP contribution in [0.15, 0.2) is 77.7 Å². The number of phenols is 1. The number of hydrogen-bond donors (Lipinski definition) is 2. The number of sulfonamides is 1. The van der Waals surface area contributed by atoms with Gasteiger partial charge in [0, 0.05) is 16.3 Å². The lowest BCUT2D eigenvalue weighted by Crippen LogP contribution is -2.35. The van der Waals surface area contributed by atoms with Gasteiger partial charge in [-0.1, -0.05) is 54.6 Å². The Hall–Kier alpha value is -4.12. The fourth-order valence-electron chi connectivity index (χ4n) is 4.06. The molecule has 4 rings (SSSR count). The third-order valence-electron chi connectivity index (χ3n) is 5.76. The molecule has 11 heteroatoms. The van der Waals surface area contributed by atoms with E-state index in [0.717, 1.165) is 11.5 Å². The van der Waals surface area contributed by atoms with Crippen molar-refractivity contribution in [2.24, 2.45) is 0 Å². The Morgan fingerprint density at radius 1 is 0.895 bits per heavy atom. The van der Waals surface area contributed by atoms with Crippen LogP contribution in [-0.2, 0) is 24.3 Å². The first kappa shape index (κ1) is 26.9. The summed E-state index contributed by atoms with van der Waals surface area (Å²) in [5.74, 6) is -7.35. The van der Waals surface area contributed by atoms with Crippen molar-refractivity contribution in [3.63, 3.8) is 0 Å². The van der Waals surface area contributed by atoms with Crippen molar-refractivity contribution in [2.75, 3.05) is 4.72 Å². The van der Waals surface area contributed by atoms with Crippen molar-refractivity contribution in [2.45, 2.75) is 36.9 Å². The number of rotatable bonds is 7. The smallest absolute Gasteiger partial charge is 0.451 e. The molecule has 0 unspecified atom stereocenters. The highest BCUT2D eigenvalue weighted by molar-refractivity contribution is 7.92. The lowest BCUT2D eigenvalue weighted by atomic mass is 9.90. The monoisotopic (exact) mass is 545 g/mol. The van der Waals surface area contributed by atoms with Crippen molar-refractivity contribution < 1.29 is 41.0 Å². The maximum absolute atomic E-state index is 13.5. The van der Waals surface area contributed by atoms with E-state index in [0.29, 0.717) is 5.39 Å². The molecular weight excluding hydrogens is 523 g/mol. The van der Waals surface area contributed by atoms with E-state index in [4.69, 9.17) is 4.74 Å². The number of carbonyl (C=O) groups is 2. The summed E-state index contributed by atoms with van der Waals surface area (Å²) in [6, 6.07) is 18.0. The molecule has 4 aromatic carbocycles. The van der Waals surface area contributed by atoms with Crippen LogP contribution in [0, 0.1) is 0 Å². The quantitative estimate of drug-likeness (QED) is 0.176. The Kier molecular flexibility index (Phi) is 7.07. The summed E-state index contributed by atoms with van der Waals surface area (Å²) in [7, 11) is -4.29. The summed E-state index contributed by atoms with van der Waals surface area (Å²) < 4.78 is 74.4. The highest BCUT2D eigenvalue weighted by Crippen LogP contribution is 2.41. The first-order valence-corrected chi connectivity index (χ1v) is 12.9. The van der Waals surface area contributed by atoms with Crippen LogP contribution in [0.25, 0.3) is 21.5 Å². The summed E-state index contributed by atoms with van der Waals surface area (Å²) in [5.41, 5.74) is -0.980. The van der Waals surface area contributed by atoms with Crippen LogP contribution < -0.4 is 4.72 Å². The number of nitrogens with one attached hydrogen (secondary N) is 1. The highest BCUT2D eigenvalue weighted by atomic mass is 32.2. The summed E-state index contributed by atoms with van der Waals surface area (Å²) in [4.78, 5) is 24.9. The minimum absolute atomic E-state index is 0.0708. The van der Waals surface area contributed by atoms with Crippen LogP contribution in [0.2, 0.25) is 0 Å². The van der Waals surface area contributed by atoms with E-state index in [9.17, 15) is 36.3 Å². The van der Waals surface area contributed by atoms with Gasteiger partial charge in [0.15, 0.2) is 5.92 Å². The molecule has 4 aromatic rings. The number of fused-ring (bicyclic) bond motifs is 2. The molecule has 0 spiro atoms. The van der Waals surface area contributed by atoms with Crippen molar-refractivity contribution in [3.05, 3.63) is 78.4 Å². The first-order chi connectivity index (χ1) is 17.8. The predicted octanol–water partition coefficient (Wildman–Crippen LogP) is 5.67. The van der Waals surface area contributed by atoms with Crippen LogP contribution in [0.3, 0.4) is 0 Å². The Bertz CT molecular complexity index is 1670. The molecule has 0 radical (unpaired) electrons. The predicted molar refractivity (Wildman–Crippen MR) is 135 cm³/mol. The molecule has 0 aromatic heterocycles. The van der Waals surface area contributed by atoms with Gasteiger partial charge < -0.3 is 9.84 Å². The molecule has 1 atom stereocenters. The fraction of sp³-hybridized carbons (Fsp3) is 0.185. The molecule has 38 heavy (non-hydrogen) atoms. The maximum atomic E-state index is 13.5. The Morgan fingerprint density at radius 2 is 1.50 bits per heavy atom. The number of carbonyl (C=O) groups excluding carboxylic acids is 2. The van der Waals surface area contributed by atoms with Gasteiger partial charge in [0.1, 0.15) is 5.75 Å². The summed E-state index contributed by atoms with van der Waals surface area (Å²) in [6.45, 7) is 2.77. The molecule has 0 saturated heterocycles. The van der Waals surface area contributed by atoms with Crippen molar-refractivity contribution >= 4 is 49.0 Å². The molecule has 0 aliphatic rings. The van der Waals surface area contributed by atoms with Crippen molar-refractivity contribution in [3.8, 4) is 5.75 Å². The molecule has 0 aliphatic carbocycles. The second-order valence-electron chi connectivity index (χ2n) is 8.80.